The molecule has 1 saturated heterocycles. The van der Waals surface area contributed by atoms with Crippen molar-refractivity contribution in [2.45, 2.75) is 44.2 Å². The number of aliphatic hydroxyl groups excluding tert-OH is 1. The molecular formula is C12H23NO4. The Labute approximate surface area is 102 Å². The van der Waals surface area contributed by atoms with Crippen molar-refractivity contribution in [1.29, 1.82) is 0 Å². The zero-order chi connectivity index (χ0) is 12.5. The minimum Gasteiger partial charge on any atom is -0.396 e. The molecule has 2 N–H and O–H groups in total. The second kappa shape index (κ2) is 8.44. The van der Waals surface area contributed by atoms with Crippen LogP contribution in [0.3, 0.4) is 0 Å². The Kier molecular flexibility index (Phi) is 7.16. The second-order valence-electron chi connectivity index (χ2n) is 4.41. The van der Waals surface area contributed by atoms with Gasteiger partial charge in [0.25, 0.3) is 0 Å². The average molecular weight is 245 g/mol. The predicted octanol–water partition coefficient (Wildman–Crippen LogP) is 0.459. The molecule has 0 aromatic carbocycles. The molecule has 100 valence electrons. The van der Waals surface area contributed by atoms with Gasteiger partial charge in [0.1, 0.15) is 0 Å². The van der Waals surface area contributed by atoms with Crippen LogP contribution in [0.2, 0.25) is 0 Å². The Bertz CT molecular complexity index is 211. The van der Waals surface area contributed by atoms with Crippen LogP contribution >= 0.6 is 0 Å². The van der Waals surface area contributed by atoms with Crippen LogP contribution in [0.15, 0.2) is 0 Å². The van der Waals surface area contributed by atoms with E-state index >= 15 is 0 Å². The minimum absolute atomic E-state index is 0.0102. The molecule has 0 saturated carbocycles. The molecule has 1 heterocycles. The second-order valence-corrected chi connectivity index (χ2v) is 4.41. The highest BCUT2D eigenvalue weighted by atomic mass is 16.5. The van der Waals surface area contributed by atoms with E-state index in [0.29, 0.717) is 19.4 Å². The predicted molar refractivity (Wildman–Crippen MR) is 63.7 cm³/mol. The van der Waals surface area contributed by atoms with E-state index in [1.165, 1.54) is 0 Å². The van der Waals surface area contributed by atoms with Crippen molar-refractivity contribution in [2.24, 2.45) is 0 Å². The van der Waals surface area contributed by atoms with Gasteiger partial charge in [0.05, 0.1) is 18.8 Å². The topological polar surface area (TPSA) is 67.8 Å². The van der Waals surface area contributed by atoms with Gasteiger partial charge in [-0.25, -0.2) is 0 Å². The number of amides is 1. The van der Waals surface area contributed by atoms with Gasteiger partial charge in [-0.3, -0.25) is 4.79 Å². The fourth-order valence-electron chi connectivity index (χ4n) is 2.02. The number of methoxy groups -OCH3 is 1. The van der Waals surface area contributed by atoms with Gasteiger partial charge in [-0.1, -0.05) is 0 Å². The van der Waals surface area contributed by atoms with Gasteiger partial charge < -0.3 is 19.9 Å². The van der Waals surface area contributed by atoms with Gasteiger partial charge in [0.15, 0.2) is 0 Å². The molecule has 0 aromatic heterocycles. The first-order chi connectivity index (χ1) is 8.26. The molecule has 1 fully saturated rings. The normalized spacial score (nSPS) is 21.4. The third-order valence-corrected chi connectivity index (χ3v) is 2.93. The van der Waals surface area contributed by atoms with E-state index < -0.39 is 0 Å². The lowest BCUT2D eigenvalue weighted by Gasteiger charge is -2.17. The molecule has 1 amide bonds. The van der Waals surface area contributed by atoms with Gasteiger partial charge in [-0.05, 0) is 25.7 Å². The van der Waals surface area contributed by atoms with Crippen molar-refractivity contribution in [3.8, 4) is 0 Å². The first-order valence-electron chi connectivity index (χ1n) is 6.27. The molecule has 5 heteroatoms. The first-order valence-corrected chi connectivity index (χ1v) is 6.27. The minimum atomic E-state index is -0.0954. The maximum atomic E-state index is 11.7. The summed E-state index contributed by atoms with van der Waals surface area (Å²) in [5, 5.41) is 11.7. The molecule has 0 spiro atoms. The molecule has 17 heavy (non-hydrogen) atoms. The number of rotatable bonds is 8. The molecule has 1 aliphatic rings. The van der Waals surface area contributed by atoms with E-state index in [1.807, 2.05) is 0 Å². The van der Waals surface area contributed by atoms with E-state index in [1.54, 1.807) is 7.11 Å². The quantitative estimate of drug-likeness (QED) is 0.652. The van der Waals surface area contributed by atoms with Gasteiger partial charge in [0, 0.05) is 26.7 Å². The summed E-state index contributed by atoms with van der Waals surface area (Å²) < 4.78 is 10.4. The summed E-state index contributed by atoms with van der Waals surface area (Å²) in [6.07, 6.45) is 4.20. The standard InChI is InChI=1S/C12H23NO4/c1-16-9-10(6-7-14)13-12(15)5-4-11-3-2-8-17-11/h10-11,14H,2-9H2,1H3,(H,13,15). The smallest absolute Gasteiger partial charge is 0.220 e. The molecule has 0 bridgehead atoms. The lowest BCUT2D eigenvalue weighted by Crippen LogP contribution is -2.38. The number of carbonyl (C=O) groups is 1. The van der Waals surface area contributed by atoms with Gasteiger partial charge >= 0.3 is 0 Å². The Morgan fingerprint density at radius 2 is 2.47 bits per heavy atom. The Morgan fingerprint density at radius 3 is 3.06 bits per heavy atom. The zero-order valence-electron chi connectivity index (χ0n) is 10.5. The third kappa shape index (κ3) is 6.00. The highest BCUT2D eigenvalue weighted by molar-refractivity contribution is 5.76. The number of nitrogens with one attached hydrogen (secondary N) is 1. The van der Waals surface area contributed by atoms with Crippen LogP contribution < -0.4 is 5.32 Å². The van der Waals surface area contributed by atoms with Crippen molar-refractivity contribution < 1.29 is 19.4 Å². The summed E-state index contributed by atoms with van der Waals surface area (Å²) in [7, 11) is 1.59. The molecule has 0 aromatic rings. The van der Waals surface area contributed by atoms with Gasteiger partial charge in [-0.15, -0.1) is 0 Å². The molecule has 0 aliphatic carbocycles. The monoisotopic (exact) mass is 245 g/mol. The van der Waals surface area contributed by atoms with Crippen LogP contribution in [0.1, 0.15) is 32.1 Å². The molecule has 1 rings (SSSR count). The van der Waals surface area contributed by atoms with E-state index in [0.717, 1.165) is 25.9 Å². The maximum Gasteiger partial charge on any atom is 0.220 e. The van der Waals surface area contributed by atoms with Crippen LogP contribution in [0.4, 0.5) is 0 Å². The van der Waals surface area contributed by atoms with Crippen molar-refractivity contribution in [1.82, 2.24) is 5.32 Å². The summed E-state index contributed by atoms with van der Waals surface area (Å²) >= 11 is 0. The molecule has 2 atom stereocenters. The number of ether oxygens (including phenoxy) is 2. The summed E-state index contributed by atoms with van der Waals surface area (Å²) in [6.45, 7) is 1.31. The van der Waals surface area contributed by atoms with Crippen molar-refractivity contribution >= 4 is 5.91 Å². The lowest BCUT2D eigenvalue weighted by molar-refractivity contribution is -0.122. The largest absolute Gasteiger partial charge is 0.396 e. The van der Waals surface area contributed by atoms with Crippen molar-refractivity contribution in [2.75, 3.05) is 26.9 Å². The molecule has 1 aliphatic heterocycles. The zero-order valence-corrected chi connectivity index (χ0v) is 10.5. The summed E-state index contributed by atoms with van der Waals surface area (Å²) in [5.41, 5.74) is 0. The number of hydrogen-bond donors (Lipinski definition) is 2. The Hall–Kier alpha value is -0.650. The highest BCUT2D eigenvalue weighted by Crippen LogP contribution is 2.16. The molecule has 5 nitrogen and oxygen atoms in total. The SMILES string of the molecule is COCC(CCO)NC(=O)CCC1CCCO1. The fourth-order valence-corrected chi connectivity index (χ4v) is 2.02. The van der Waals surface area contributed by atoms with Gasteiger partial charge in [0.2, 0.25) is 5.91 Å². The van der Waals surface area contributed by atoms with Crippen molar-refractivity contribution in [3.63, 3.8) is 0 Å². The highest BCUT2D eigenvalue weighted by Gasteiger charge is 2.18. The first kappa shape index (κ1) is 14.4. The van der Waals surface area contributed by atoms with E-state index in [2.05, 4.69) is 5.32 Å². The van der Waals surface area contributed by atoms with Crippen LogP contribution in [0.5, 0.6) is 0 Å². The van der Waals surface area contributed by atoms with Crippen LogP contribution in [-0.2, 0) is 14.3 Å². The number of aliphatic hydroxyl groups is 1. The van der Waals surface area contributed by atoms with E-state index in [9.17, 15) is 4.79 Å². The van der Waals surface area contributed by atoms with Crippen molar-refractivity contribution in [3.05, 3.63) is 0 Å². The average Bonchev–Trinajstić information content (AvgIpc) is 2.80. The van der Waals surface area contributed by atoms with E-state index in [-0.39, 0.29) is 24.7 Å². The van der Waals surface area contributed by atoms with Crippen LogP contribution in [0.25, 0.3) is 0 Å². The maximum absolute atomic E-state index is 11.7. The van der Waals surface area contributed by atoms with Crippen LogP contribution in [0, 0.1) is 0 Å². The summed E-state index contributed by atoms with van der Waals surface area (Å²) in [5.74, 6) is 0.0102. The van der Waals surface area contributed by atoms with Crippen LogP contribution in [-0.4, -0.2) is 50.1 Å². The third-order valence-electron chi connectivity index (χ3n) is 2.93. The molecule has 0 radical (unpaired) electrons. The Morgan fingerprint density at radius 1 is 1.65 bits per heavy atom. The summed E-state index contributed by atoms with van der Waals surface area (Å²) in [4.78, 5) is 11.7. The Balaban J connectivity index is 2.16. The number of carbonyl (C=O) groups excluding carboxylic acids is 1. The number of hydrogen-bond acceptors (Lipinski definition) is 4. The van der Waals surface area contributed by atoms with E-state index in [4.69, 9.17) is 14.6 Å². The fraction of sp³-hybridized carbons (Fsp3) is 0.917. The molecular weight excluding hydrogens is 222 g/mol. The lowest BCUT2D eigenvalue weighted by atomic mass is 10.1. The van der Waals surface area contributed by atoms with Gasteiger partial charge in [-0.2, -0.15) is 0 Å². The molecule has 2 unspecified atom stereocenters. The summed E-state index contributed by atoms with van der Waals surface area (Å²) in [6, 6.07) is -0.0954.